The Kier molecular flexibility index (Phi) is 4.43. The summed E-state index contributed by atoms with van der Waals surface area (Å²) in [7, 11) is 0. The number of Topliss-reactive ketones (excluding diaryl/α,β-unsaturated/α-hetero) is 1. The van der Waals surface area contributed by atoms with E-state index < -0.39 is 12.0 Å². The number of amides is 1. The molecule has 0 bridgehead atoms. The minimum absolute atomic E-state index is 0.136. The zero-order valence-electron chi connectivity index (χ0n) is 13.9. The quantitative estimate of drug-likeness (QED) is 0.890. The van der Waals surface area contributed by atoms with Crippen molar-refractivity contribution in [2.45, 2.75) is 51.5 Å². The van der Waals surface area contributed by atoms with Crippen LogP contribution < -0.4 is 5.32 Å². The summed E-state index contributed by atoms with van der Waals surface area (Å²) in [4.78, 5) is 35.3. The monoisotopic (exact) mass is 329 g/mol. The molecule has 0 aliphatic heterocycles. The highest BCUT2D eigenvalue weighted by Crippen LogP contribution is 2.50. The summed E-state index contributed by atoms with van der Waals surface area (Å²) >= 11 is 0. The van der Waals surface area contributed by atoms with Crippen LogP contribution in [0.15, 0.2) is 24.3 Å². The van der Waals surface area contributed by atoms with Gasteiger partial charge in [-0.15, -0.1) is 0 Å². The number of ketones is 1. The summed E-state index contributed by atoms with van der Waals surface area (Å²) < 4.78 is 0. The Labute approximate surface area is 141 Å². The molecule has 128 valence electrons. The molecule has 5 nitrogen and oxygen atoms in total. The molecule has 2 saturated carbocycles. The Morgan fingerprint density at radius 1 is 1.17 bits per heavy atom. The highest BCUT2D eigenvalue weighted by Gasteiger charge is 2.46. The third-order valence-electron chi connectivity index (χ3n) is 5.51. The summed E-state index contributed by atoms with van der Waals surface area (Å²) in [5.41, 5.74) is 1.76. The van der Waals surface area contributed by atoms with E-state index in [2.05, 4.69) is 5.32 Å². The van der Waals surface area contributed by atoms with E-state index in [1.54, 1.807) is 12.1 Å². The fourth-order valence-corrected chi connectivity index (χ4v) is 3.94. The molecule has 1 amide bonds. The fraction of sp³-hybridized carbons (Fsp3) is 0.526. The van der Waals surface area contributed by atoms with Crippen molar-refractivity contribution in [3.05, 3.63) is 35.4 Å². The zero-order valence-corrected chi connectivity index (χ0v) is 13.9. The lowest BCUT2D eigenvalue weighted by molar-refractivity contribution is -0.144. The van der Waals surface area contributed by atoms with Crippen LogP contribution in [0.2, 0.25) is 0 Å². The van der Waals surface area contributed by atoms with Crippen molar-refractivity contribution in [3.8, 4) is 0 Å². The van der Waals surface area contributed by atoms with Crippen molar-refractivity contribution >= 4 is 17.7 Å². The number of hydrogen-bond donors (Lipinski definition) is 2. The van der Waals surface area contributed by atoms with Gasteiger partial charge < -0.3 is 10.4 Å². The van der Waals surface area contributed by atoms with E-state index in [1.165, 1.54) is 0 Å². The number of carboxylic acids is 1. The lowest BCUT2D eigenvalue weighted by Crippen LogP contribution is -2.44. The molecule has 1 spiro atoms. The Hall–Kier alpha value is -2.17. The van der Waals surface area contributed by atoms with Crippen molar-refractivity contribution < 1.29 is 19.5 Å². The topological polar surface area (TPSA) is 83.5 Å². The second-order valence-electron chi connectivity index (χ2n) is 7.36. The first kappa shape index (κ1) is 16.7. The van der Waals surface area contributed by atoms with Crippen LogP contribution in [0.3, 0.4) is 0 Å². The van der Waals surface area contributed by atoms with E-state index in [4.69, 9.17) is 0 Å². The van der Waals surface area contributed by atoms with E-state index in [0.29, 0.717) is 24.2 Å². The zero-order chi connectivity index (χ0) is 17.3. The molecule has 1 atom stereocenters. The van der Waals surface area contributed by atoms with E-state index in [9.17, 15) is 19.5 Å². The van der Waals surface area contributed by atoms with Gasteiger partial charge in [-0.3, -0.25) is 9.59 Å². The number of nitrogens with one attached hydrogen (secondary N) is 1. The van der Waals surface area contributed by atoms with Crippen LogP contribution in [0, 0.1) is 18.3 Å². The summed E-state index contributed by atoms with van der Waals surface area (Å²) in [6, 6.07) is 6.15. The maximum atomic E-state index is 12.5. The fourth-order valence-electron chi connectivity index (χ4n) is 3.94. The molecule has 1 aromatic rings. The molecule has 0 heterocycles. The van der Waals surface area contributed by atoms with Gasteiger partial charge >= 0.3 is 5.97 Å². The first-order chi connectivity index (χ1) is 11.4. The third-order valence-corrected chi connectivity index (χ3v) is 5.51. The van der Waals surface area contributed by atoms with Crippen LogP contribution in [0.5, 0.6) is 0 Å². The molecule has 2 fully saturated rings. The van der Waals surface area contributed by atoms with Crippen molar-refractivity contribution in [2.24, 2.45) is 11.3 Å². The van der Waals surface area contributed by atoms with Crippen LogP contribution >= 0.6 is 0 Å². The molecule has 2 aliphatic rings. The number of aliphatic carboxylic acids is 1. The van der Waals surface area contributed by atoms with E-state index >= 15 is 0 Å². The maximum absolute atomic E-state index is 12.5. The highest BCUT2D eigenvalue weighted by atomic mass is 16.4. The van der Waals surface area contributed by atoms with Crippen molar-refractivity contribution in [1.82, 2.24) is 5.32 Å². The predicted molar refractivity (Wildman–Crippen MR) is 88.3 cm³/mol. The van der Waals surface area contributed by atoms with Gasteiger partial charge in [0.2, 0.25) is 5.91 Å². The smallest absolute Gasteiger partial charge is 0.330 e. The van der Waals surface area contributed by atoms with Gasteiger partial charge in [-0.05, 0) is 43.6 Å². The van der Waals surface area contributed by atoms with Crippen molar-refractivity contribution in [1.29, 1.82) is 0 Å². The molecule has 0 radical (unpaired) electrons. The Morgan fingerprint density at radius 2 is 1.75 bits per heavy atom. The number of rotatable bonds is 4. The third kappa shape index (κ3) is 3.35. The second kappa shape index (κ2) is 6.38. The molecule has 1 aromatic carbocycles. The van der Waals surface area contributed by atoms with Gasteiger partial charge in [0.1, 0.15) is 5.78 Å². The molecule has 1 unspecified atom stereocenters. The summed E-state index contributed by atoms with van der Waals surface area (Å²) in [6.07, 6.45) is 4.56. The molecule has 0 saturated heterocycles. The predicted octanol–water partition coefficient (Wildman–Crippen LogP) is 2.78. The lowest BCUT2D eigenvalue weighted by atomic mass is 9.58. The first-order valence-corrected chi connectivity index (χ1v) is 8.50. The number of carbonyl (C=O) groups is 3. The number of benzene rings is 1. The van der Waals surface area contributed by atoms with Crippen LogP contribution in [-0.2, 0) is 14.4 Å². The van der Waals surface area contributed by atoms with Gasteiger partial charge in [0.05, 0.1) is 0 Å². The van der Waals surface area contributed by atoms with Crippen molar-refractivity contribution in [3.63, 3.8) is 0 Å². The molecular formula is C19H23NO4. The first-order valence-electron chi connectivity index (χ1n) is 8.50. The SMILES string of the molecule is Cc1ccc(C(NC(=O)C2CCC3(CC2)CC(=O)C3)C(=O)O)cc1. The minimum Gasteiger partial charge on any atom is -0.479 e. The number of aryl methyl sites for hydroxylation is 1. The average Bonchev–Trinajstić information content (AvgIpc) is 2.52. The molecule has 3 rings (SSSR count). The number of carboxylic acid groups (broad SMARTS) is 1. The average molecular weight is 329 g/mol. The van der Waals surface area contributed by atoms with Crippen LogP contribution in [-0.4, -0.2) is 22.8 Å². The normalized spacial score (nSPS) is 21.1. The highest BCUT2D eigenvalue weighted by molar-refractivity contribution is 5.87. The van der Waals surface area contributed by atoms with Crippen molar-refractivity contribution in [2.75, 3.05) is 0 Å². The van der Waals surface area contributed by atoms with E-state index in [0.717, 1.165) is 31.2 Å². The molecular weight excluding hydrogens is 306 g/mol. The van der Waals surface area contributed by atoms with E-state index in [-0.39, 0.29) is 17.2 Å². The molecule has 0 aromatic heterocycles. The van der Waals surface area contributed by atoms with Gasteiger partial charge in [-0.25, -0.2) is 4.79 Å². The largest absolute Gasteiger partial charge is 0.479 e. The number of hydrogen-bond acceptors (Lipinski definition) is 3. The lowest BCUT2D eigenvalue weighted by Gasteiger charge is -2.45. The number of carbonyl (C=O) groups excluding carboxylic acids is 2. The minimum atomic E-state index is -1.05. The van der Waals surface area contributed by atoms with Crippen LogP contribution in [0.4, 0.5) is 0 Å². The molecule has 24 heavy (non-hydrogen) atoms. The summed E-state index contributed by atoms with van der Waals surface area (Å²) in [6.45, 7) is 1.93. The van der Waals surface area contributed by atoms with E-state index in [1.807, 2.05) is 19.1 Å². The van der Waals surface area contributed by atoms with Crippen LogP contribution in [0.1, 0.15) is 55.7 Å². The second-order valence-corrected chi connectivity index (χ2v) is 7.36. The Morgan fingerprint density at radius 3 is 2.25 bits per heavy atom. The van der Waals surface area contributed by atoms with Gasteiger partial charge in [0.25, 0.3) is 0 Å². The van der Waals surface area contributed by atoms with Gasteiger partial charge in [-0.2, -0.15) is 0 Å². The standard InChI is InChI=1S/C19H23NO4/c1-12-2-4-13(5-3-12)16(18(23)24)20-17(22)14-6-8-19(9-7-14)10-15(21)11-19/h2-5,14,16H,6-11H2,1H3,(H,20,22)(H,23,24). The van der Waals surface area contributed by atoms with Gasteiger partial charge in [0.15, 0.2) is 6.04 Å². The molecule has 2 aliphatic carbocycles. The summed E-state index contributed by atoms with van der Waals surface area (Å²) in [5.74, 6) is -1.07. The van der Waals surface area contributed by atoms with Gasteiger partial charge in [0, 0.05) is 18.8 Å². The molecule has 2 N–H and O–H groups in total. The Balaban J connectivity index is 1.61. The Bertz CT molecular complexity index is 646. The maximum Gasteiger partial charge on any atom is 0.330 e. The van der Waals surface area contributed by atoms with Crippen LogP contribution in [0.25, 0.3) is 0 Å². The van der Waals surface area contributed by atoms with Gasteiger partial charge in [-0.1, -0.05) is 29.8 Å². The summed E-state index contributed by atoms with van der Waals surface area (Å²) in [5, 5.41) is 12.1. The molecule has 5 heteroatoms.